The number of pyridine rings is 1. The molecule has 94 valence electrons. The summed E-state index contributed by atoms with van der Waals surface area (Å²) in [7, 11) is 0. The lowest BCUT2D eigenvalue weighted by Crippen LogP contribution is -2.34. The topological polar surface area (TPSA) is 65.5 Å². The maximum atomic E-state index is 11.7. The molecule has 17 heavy (non-hydrogen) atoms. The van der Waals surface area contributed by atoms with Crippen LogP contribution in [-0.2, 0) is 0 Å². The number of hydrogen-bond donors (Lipinski definition) is 2. The number of likely N-dealkylation sites (N-methyl/N-ethyl adjacent to an activating group) is 1. The van der Waals surface area contributed by atoms with Crippen LogP contribution in [0.3, 0.4) is 0 Å². The van der Waals surface area contributed by atoms with Gasteiger partial charge in [0.15, 0.2) is 0 Å². The van der Waals surface area contributed by atoms with Crippen LogP contribution in [0.2, 0.25) is 0 Å². The fraction of sp³-hybridized carbons (Fsp3) is 0.500. The number of nitrogens with one attached hydrogen (secondary N) is 1. The van der Waals surface area contributed by atoms with Gasteiger partial charge in [0, 0.05) is 19.3 Å². The van der Waals surface area contributed by atoms with Gasteiger partial charge in [-0.2, -0.15) is 0 Å². The highest BCUT2D eigenvalue weighted by Crippen LogP contribution is 2.12. The Morgan fingerprint density at radius 2 is 2.18 bits per heavy atom. The number of carbonyl (C=O) groups excluding carboxylic acids is 1. The van der Waals surface area contributed by atoms with Crippen LogP contribution in [0, 0.1) is 0 Å². The SMILES string of the molecule is CCN(CC)CCNC(=O)c1ccncc1O. The van der Waals surface area contributed by atoms with Gasteiger partial charge < -0.3 is 15.3 Å². The monoisotopic (exact) mass is 237 g/mol. The lowest BCUT2D eigenvalue weighted by molar-refractivity contribution is 0.0946. The first-order valence-electron chi connectivity index (χ1n) is 5.82. The molecular formula is C12H19N3O2. The molecule has 1 aromatic rings. The van der Waals surface area contributed by atoms with Crippen molar-refractivity contribution in [2.24, 2.45) is 0 Å². The van der Waals surface area contributed by atoms with Crippen molar-refractivity contribution in [3.05, 3.63) is 24.0 Å². The molecule has 1 aromatic heterocycles. The fourth-order valence-corrected chi connectivity index (χ4v) is 1.54. The molecule has 5 nitrogen and oxygen atoms in total. The summed E-state index contributed by atoms with van der Waals surface area (Å²) in [6.45, 7) is 7.48. The quantitative estimate of drug-likeness (QED) is 0.770. The molecular weight excluding hydrogens is 218 g/mol. The molecule has 0 aliphatic carbocycles. The van der Waals surface area contributed by atoms with Crippen LogP contribution < -0.4 is 5.32 Å². The number of rotatable bonds is 6. The van der Waals surface area contributed by atoms with Gasteiger partial charge in [0.1, 0.15) is 5.75 Å². The highest BCUT2D eigenvalue weighted by atomic mass is 16.3. The van der Waals surface area contributed by atoms with E-state index in [4.69, 9.17) is 0 Å². The molecule has 0 saturated carbocycles. The van der Waals surface area contributed by atoms with Crippen molar-refractivity contribution in [3.8, 4) is 5.75 Å². The Labute approximate surface area is 101 Å². The molecule has 1 amide bonds. The molecule has 0 unspecified atom stereocenters. The maximum absolute atomic E-state index is 11.7. The van der Waals surface area contributed by atoms with Crippen LogP contribution in [0.25, 0.3) is 0 Å². The third-order valence-electron chi connectivity index (χ3n) is 2.65. The zero-order chi connectivity index (χ0) is 12.7. The van der Waals surface area contributed by atoms with Crippen molar-refractivity contribution in [3.63, 3.8) is 0 Å². The van der Waals surface area contributed by atoms with E-state index in [-0.39, 0.29) is 17.2 Å². The summed E-state index contributed by atoms with van der Waals surface area (Å²) in [5, 5.41) is 12.2. The molecule has 0 aliphatic heterocycles. The van der Waals surface area contributed by atoms with Crippen molar-refractivity contribution in [1.82, 2.24) is 15.2 Å². The van der Waals surface area contributed by atoms with Crippen molar-refractivity contribution in [2.75, 3.05) is 26.2 Å². The first kappa shape index (κ1) is 13.4. The van der Waals surface area contributed by atoms with Crippen molar-refractivity contribution < 1.29 is 9.90 Å². The Hall–Kier alpha value is -1.62. The molecule has 0 spiro atoms. The average Bonchev–Trinajstić information content (AvgIpc) is 2.35. The molecule has 5 heteroatoms. The van der Waals surface area contributed by atoms with Gasteiger partial charge in [-0.15, -0.1) is 0 Å². The van der Waals surface area contributed by atoms with Crippen LogP contribution >= 0.6 is 0 Å². The molecule has 0 radical (unpaired) electrons. The average molecular weight is 237 g/mol. The number of amides is 1. The van der Waals surface area contributed by atoms with Crippen molar-refractivity contribution in [2.45, 2.75) is 13.8 Å². The Morgan fingerprint density at radius 1 is 1.47 bits per heavy atom. The second kappa shape index (κ2) is 6.85. The lowest BCUT2D eigenvalue weighted by Gasteiger charge is -2.17. The van der Waals surface area contributed by atoms with E-state index < -0.39 is 0 Å². The summed E-state index contributed by atoms with van der Waals surface area (Å²) in [6.07, 6.45) is 2.75. The third kappa shape index (κ3) is 4.03. The van der Waals surface area contributed by atoms with Gasteiger partial charge >= 0.3 is 0 Å². The summed E-state index contributed by atoms with van der Waals surface area (Å²) in [6, 6.07) is 1.50. The van der Waals surface area contributed by atoms with E-state index in [0.717, 1.165) is 19.6 Å². The Kier molecular flexibility index (Phi) is 5.42. The summed E-state index contributed by atoms with van der Waals surface area (Å²) in [4.78, 5) is 17.6. The van der Waals surface area contributed by atoms with Crippen LogP contribution in [0.5, 0.6) is 5.75 Å². The van der Waals surface area contributed by atoms with E-state index in [2.05, 4.69) is 29.0 Å². The van der Waals surface area contributed by atoms with Gasteiger partial charge in [0.05, 0.1) is 11.8 Å². The largest absolute Gasteiger partial charge is 0.505 e. The van der Waals surface area contributed by atoms with E-state index >= 15 is 0 Å². The number of aromatic nitrogens is 1. The zero-order valence-corrected chi connectivity index (χ0v) is 10.3. The van der Waals surface area contributed by atoms with E-state index in [1.54, 1.807) is 0 Å². The molecule has 0 fully saturated rings. The minimum absolute atomic E-state index is 0.0900. The minimum Gasteiger partial charge on any atom is -0.505 e. The molecule has 0 saturated heterocycles. The summed E-state index contributed by atoms with van der Waals surface area (Å²) in [5.41, 5.74) is 0.263. The predicted molar refractivity (Wildman–Crippen MR) is 66.0 cm³/mol. The number of nitrogens with zero attached hydrogens (tertiary/aromatic N) is 2. The number of hydrogen-bond acceptors (Lipinski definition) is 4. The highest BCUT2D eigenvalue weighted by Gasteiger charge is 2.10. The first-order valence-corrected chi connectivity index (χ1v) is 5.82. The van der Waals surface area contributed by atoms with Crippen LogP contribution in [0.1, 0.15) is 24.2 Å². The van der Waals surface area contributed by atoms with Gasteiger partial charge in [-0.25, -0.2) is 0 Å². The molecule has 1 heterocycles. The van der Waals surface area contributed by atoms with E-state index in [1.165, 1.54) is 18.5 Å². The minimum atomic E-state index is -0.267. The summed E-state index contributed by atoms with van der Waals surface area (Å²) in [5.74, 6) is -0.357. The second-order valence-corrected chi connectivity index (χ2v) is 3.68. The second-order valence-electron chi connectivity index (χ2n) is 3.68. The van der Waals surface area contributed by atoms with Crippen LogP contribution in [0.4, 0.5) is 0 Å². The normalized spacial score (nSPS) is 10.5. The molecule has 0 aromatic carbocycles. The standard InChI is InChI=1S/C12H19N3O2/c1-3-15(4-2)8-7-14-12(17)10-5-6-13-9-11(10)16/h5-6,9,16H,3-4,7-8H2,1-2H3,(H,14,17). The maximum Gasteiger partial charge on any atom is 0.255 e. The van der Waals surface area contributed by atoms with Gasteiger partial charge in [-0.1, -0.05) is 13.8 Å². The van der Waals surface area contributed by atoms with Crippen LogP contribution in [-0.4, -0.2) is 47.1 Å². The molecule has 2 N–H and O–H groups in total. The zero-order valence-electron chi connectivity index (χ0n) is 10.3. The number of aromatic hydroxyl groups is 1. The highest BCUT2D eigenvalue weighted by molar-refractivity contribution is 5.96. The Morgan fingerprint density at radius 3 is 2.76 bits per heavy atom. The molecule has 1 rings (SSSR count). The van der Waals surface area contributed by atoms with Crippen LogP contribution in [0.15, 0.2) is 18.5 Å². The van der Waals surface area contributed by atoms with Gasteiger partial charge in [0.2, 0.25) is 0 Å². The Balaban J connectivity index is 2.43. The van der Waals surface area contributed by atoms with Gasteiger partial charge in [0.25, 0.3) is 5.91 Å². The van der Waals surface area contributed by atoms with Gasteiger partial charge in [-0.05, 0) is 19.2 Å². The third-order valence-corrected chi connectivity index (χ3v) is 2.65. The first-order chi connectivity index (χ1) is 8.19. The molecule has 0 atom stereocenters. The predicted octanol–water partition coefficient (Wildman–Crippen LogP) is 0.859. The molecule has 0 aliphatic rings. The fourth-order valence-electron chi connectivity index (χ4n) is 1.54. The summed E-state index contributed by atoms with van der Waals surface area (Å²) < 4.78 is 0. The van der Waals surface area contributed by atoms with Crippen molar-refractivity contribution in [1.29, 1.82) is 0 Å². The smallest absolute Gasteiger partial charge is 0.255 e. The van der Waals surface area contributed by atoms with Gasteiger partial charge in [-0.3, -0.25) is 9.78 Å². The van der Waals surface area contributed by atoms with E-state index in [1.807, 2.05) is 0 Å². The summed E-state index contributed by atoms with van der Waals surface area (Å²) >= 11 is 0. The van der Waals surface area contributed by atoms with E-state index in [9.17, 15) is 9.90 Å². The molecule has 0 bridgehead atoms. The van der Waals surface area contributed by atoms with Crippen molar-refractivity contribution >= 4 is 5.91 Å². The number of carbonyl (C=O) groups is 1. The Bertz CT molecular complexity index is 365. The van der Waals surface area contributed by atoms with E-state index in [0.29, 0.717) is 6.54 Å². The lowest BCUT2D eigenvalue weighted by atomic mass is 10.2.